The van der Waals surface area contributed by atoms with Crippen LogP contribution < -0.4 is 23.8 Å². The zero-order valence-corrected chi connectivity index (χ0v) is 18.8. The number of carbonyl (C=O) groups excluding carboxylic acids is 1. The summed E-state index contributed by atoms with van der Waals surface area (Å²) in [5.41, 5.74) is 1.28. The Labute approximate surface area is 193 Å². The molecule has 8 nitrogen and oxygen atoms in total. The summed E-state index contributed by atoms with van der Waals surface area (Å²) >= 11 is 6.62. The number of benzene rings is 2. The monoisotopic (exact) mass is 473 g/mol. The first-order chi connectivity index (χ1) is 15.4. The fourth-order valence-corrected chi connectivity index (χ4v) is 4.50. The van der Waals surface area contributed by atoms with Crippen LogP contribution in [-0.2, 0) is 9.59 Å². The molecule has 0 saturated carbocycles. The Morgan fingerprint density at radius 2 is 2.03 bits per heavy atom. The summed E-state index contributed by atoms with van der Waals surface area (Å²) in [5, 5.41) is 9.22. The van der Waals surface area contributed by atoms with E-state index in [1.54, 1.807) is 49.4 Å². The number of ether oxygens (including phenoxy) is 4. The number of carboxylic acid groups (broad SMARTS) is 1. The Hall–Kier alpha value is -3.24. The van der Waals surface area contributed by atoms with Gasteiger partial charge in [-0.05, 0) is 42.3 Å². The first-order valence-corrected chi connectivity index (χ1v) is 10.9. The van der Waals surface area contributed by atoms with Gasteiger partial charge in [0.25, 0.3) is 5.91 Å². The largest absolute Gasteiger partial charge is 0.493 e. The summed E-state index contributed by atoms with van der Waals surface area (Å²) in [6, 6.07) is 10.2. The number of hydrogen-bond donors (Lipinski definition) is 1. The summed E-state index contributed by atoms with van der Waals surface area (Å²) in [5.74, 6) is 0.558. The Kier molecular flexibility index (Phi) is 6.24. The number of hydrogen-bond acceptors (Lipinski definition) is 8. The molecule has 1 N–H and O–H groups in total. The Morgan fingerprint density at radius 1 is 1.25 bits per heavy atom. The molecule has 2 aromatic carbocycles. The normalized spacial score (nSPS) is 17.1. The Bertz CT molecular complexity index is 1130. The lowest BCUT2D eigenvalue weighted by molar-refractivity contribution is -0.145. The molecule has 2 aromatic rings. The van der Waals surface area contributed by atoms with Crippen molar-refractivity contribution in [2.24, 2.45) is 0 Å². The van der Waals surface area contributed by atoms with Crippen LogP contribution in [0, 0.1) is 0 Å². The second-order valence-electron chi connectivity index (χ2n) is 6.82. The van der Waals surface area contributed by atoms with Gasteiger partial charge in [-0.2, -0.15) is 0 Å². The molecule has 2 aliphatic heterocycles. The van der Waals surface area contributed by atoms with Crippen molar-refractivity contribution in [1.82, 2.24) is 0 Å². The maximum Gasteiger partial charge on any atom is 0.344 e. The van der Waals surface area contributed by atoms with Crippen molar-refractivity contribution >= 4 is 51.9 Å². The summed E-state index contributed by atoms with van der Waals surface area (Å²) in [6.07, 6.45) is 1.03. The van der Waals surface area contributed by atoms with Crippen LogP contribution in [0.25, 0.3) is 6.08 Å². The van der Waals surface area contributed by atoms with Crippen molar-refractivity contribution in [3.05, 3.63) is 46.9 Å². The molecule has 1 atom stereocenters. The fourth-order valence-electron chi connectivity index (χ4n) is 3.20. The number of thiocarbonyl (C=S) groups is 1. The standard InChI is InChI=1S/C22H19NO7S2/c1-3-14(21(25)26)30-16-6-4-12(8-17(16)27-2)9-19-20(24)23(22(31)32-19)13-5-7-15-18(10-13)29-11-28-15/h4-10,14H,3,11H2,1-2H3,(H,25,26)/b19-9+. The highest BCUT2D eigenvalue weighted by Crippen LogP contribution is 2.41. The van der Waals surface area contributed by atoms with Gasteiger partial charge in [-0.25, -0.2) is 4.79 Å². The van der Waals surface area contributed by atoms with Gasteiger partial charge in [0.1, 0.15) is 0 Å². The molecule has 10 heteroatoms. The molecule has 0 spiro atoms. The van der Waals surface area contributed by atoms with E-state index < -0.39 is 12.1 Å². The summed E-state index contributed by atoms with van der Waals surface area (Å²) in [7, 11) is 1.47. The van der Waals surface area contributed by atoms with Gasteiger partial charge in [-0.3, -0.25) is 9.69 Å². The smallest absolute Gasteiger partial charge is 0.344 e. The lowest BCUT2D eigenvalue weighted by Crippen LogP contribution is -2.27. The maximum absolute atomic E-state index is 13.1. The fraction of sp³-hybridized carbons (Fsp3) is 0.227. The van der Waals surface area contributed by atoms with Gasteiger partial charge in [-0.1, -0.05) is 37.0 Å². The Morgan fingerprint density at radius 3 is 2.75 bits per heavy atom. The molecular formula is C22H19NO7S2. The van der Waals surface area contributed by atoms with Crippen LogP contribution in [0.5, 0.6) is 23.0 Å². The van der Waals surface area contributed by atoms with Gasteiger partial charge < -0.3 is 24.1 Å². The maximum atomic E-state index is 13.1. The quantitative estimate of drug-likeness (QED) is 0.472. The van der Waals surface area contributed by atoms with E-state index >= 15 is 0 Å². The van der Waals surface area contributed by atoms with Gasteiger partial charge >= 0.3 is 5.97 Å². The average molecular weight is 474 g/mol. The minimum atomic E-state index is -1.05. The summed E-state index contributed by atoms with van der Waals surface area (Å²) in [4.78, 5) is 26.2. The number of amides is 1. The molecule has 0 bridgehead atoms. The van der Waals surface area contributed by atoms with Crippen LogP contribution in [0.2, 0.25) is 0 Å². The van der Waals surface area contributed by atoms with Gasteiger partial charge in [0.2, 0.25) is 6.79 Å². The van der Waals surface area contributed by atoms with Gasteiger partial charge in [0.05, 0.1) is 17.7 Å². The molecule has 1 amide bonds. The number of carboxylic acids is 1. The van der Waals surface area contributed by atoms with Gasteiger partial charge in [0.15, 0.2) is 33.4 Å². The topological polar surface area (TPSA) is 94.5 Å². The molecule has 0 radical (unpaired) electrons. The lowest BCUT2D eigenvalue weighted by Gasteiger charge is -2.16. The summed E-state index contributed by atoms with van der Waals surface area (Å²) in [6.45, 7) is 1.87. The van der Waals surface area contributed by atoms with Crippen molar-refractivity contribution in [1.29, 1.82) is 0 Å². The van der Waals surface area contributed by atoms with Crippen LogP contribution in [0.4, 0.5) is 5.69 Å². The molecule has 32 heavy (non-hydrogen) atoms. The summed E-state index contributed by atoms with van der Waals surface area (Å²) < 4.78 is 22.0. The van der Waals surface area contributed by atoms with E-state index in [1.165, 1.54) is 23.8 Å². The number of aliphatic carboxylic acids is 1. The zero-order valence-electron chi connectivity index (χ0n) is 17.2. The van der Waals surface area contributed by atoms with Crippen molar-refractivity contribution in [2.45, 2.75) is 19.4 Å². The third-order valence-corrected chi connectivity index (χ3v) is 6.11. The van der Waals surface area contributed by atoms with Crippen LogP contribution in [-0.4, -0.2) is 41.3 Å². The predicted molar refractivity (Wildman–Crippen MR) is 124 cm³/mol. The number of rotatable bonds is 7. The average Bonchev–Trinajstić information content (AvgIpc) is 3.35. The number of thioether (sulfide) groups is 1. The van der Waals surface area contributed by atoms with E-state index in [1.807, 2.05) is 0 Å². The number of fused-ring (bicyclic) bond motifs is 1. The molecule has 0 aromatic heterocycles. The third kappa shape index (κ3) is 4.23. The van der Waals surface area contributed by atoms with Crippen molar-refractivity contribution < 1.29 is 33.6 Å². The minimum absolute atomic E-state index is 0.143. The number of nitrogens with zero attached hydrogens (tertiary/aromatic N) is 1. The second-order valence-corrected chi connectivity index (χ2v) is 8.49. The van der Waals surface area contributed by atoms with E-state index in [2.05, 4.69) is 0 Å². The van der Waals surface area contributed by atoms with Gasteiger partial charge in [-0.15, -0.1) is 0 Å². The minimum Gasteiger partial charge on any atom is -0.493 e. The number of carbonyl (C=O) groups is 2. The first kappa shape index (κ1) is 22.0. The molecule has 4 rings (SSSR count). The van der Waals surface area contributed by atoms with Crippen LogP contribution in [0.1, 0.15) is 18.9 Å². The molecule has 1 fully saturated rings. The first-order valence-electron chi connectivity index (χ1n) is 9.66. The molecule has 166 valence electrons. The second kappa shape index (κ2) is 9.09. The van der Waals surface area contributed by atoms with E-state index in [-0.39, 0.29) is 12.7 Å². The van der Waals surface area contributed by atoms with Gasteiger partial charge in [0, 0.05) is 6.07 Å². The molecule has 0 aliphatic carbocycles. The van der Waals surface area contributed by atoms with E-state index in [0.29, 0.717) is 49.9 Å². The predicted octanol–water partition coefficient (Wildman–Crippen LogP) is 4.07. The van der Waals surface area contributed by atoms with Crippen molar-refractivity contribution in [2.75, 3.05) is 18.8 Å². The molecular weight excluding hydrogens is 454 g/mol. The Balaban J connectivity index is 1.58. The molecule has 2 aliphatic rings. The molecule has 1 unspecified atom stereocenters. The highest BCUT2D eigenvalue weighted by atomic mass is 32.2. The van der Waals surface area contributed by atoms with E-state index in [9.17, 15) is 14.7 Å². The van der Waals surface area contributed by atoms with E-state index in [4.69, 9.17) is 31.2 Å². The SMILES string of the molecule is CCC(Oc1ccc(/C=C2/SC(=S)N(c3ccc4c(c3)OCO4)C2=O)cc1OC)C(=O)O. The number of anilines is 1. The highest BCUT2D eigenvalue weighted by Gasteiger charge is 2.34. The van der Waals surface area contributed by atoms with Crippen LogP contribution >= 0.6 is 24.0 Å². The zero-order chi connectivity index (χ0) is 22.8. The van der Waals surface area contributed by atoms with Crippen LogP contribution in [0.3, 0.4) is 0 Å². The third-order valence-electron chi connectivity index (χ3n) is 4.81. The highest BCUT2D eigenvalue weighted by molar-refractivity contribution is 8.27. The lowest BCUT2D eigenvalue weighted by atomic mass is 10.1. The molecule has 2 heterocycles. The van der Waals surface area contributed by atoms with Crippen molar-refractivity contribution in [3.8, 4) is 23.0 Å². The van der Waals surface area contributed by atoms with Crippen molar-refractivity contribution in [3.63, 3.8) is 0 Å². The van der Waals surface area contributed by atoms with E-state index in [0.717, 1.165) is 0 Å². The van der Waals surface area contributed by atoms with Crippen LogP contribution in [0.15, 0.2) is 41.3 Å². The molecule has 1 saturated heterocycles. The number of methoxy groups -OCH3 is 1.